The molecule has 0 bridgehead atoms. The number of hydrogen-bond donors (Lipinski definition) is 1. The van der Waals surface area contributed by atoms with E-state index in [0.29, 0.717) is 25.6 Å². The van der Waals surface area contributed by atoms with E-state index >= 15 is 0 Å². The first-order chi connectivity index (χ1) is 9.54. The maximum Gasteiger partial charge on any atom is 0.322 e. The van der Waals surface area contributed by atoms with Crippen LogP contribution in [0.15, 0.2) is 30.3 Å². The normalized spacial score (nSPS) is 14.1. The van der Waals surface area contributed by atoms with Gasteiger partial charge in [-0.15, -0.1) is 0 Å². The summed E-state index contributed by atoms with van der Waals surface area (Å²) in [5.41, 5.74) is 6.96. The lowest BCUT2D eigenvalue weighted by Crippen LogP contribution is -2.36. The smallest absolute Gasteiger partial charge is 0.322 e. The Bertz CT molecular complexity index is 392. The quantitative estimate of drug-likeness (QED) is 0.742. The largest absolute Gasteiger partial charge is 0.468 e. The molecule has 0 radical (unpaired) electrons. The van der Waals surface area contributed by atoms with Gasteiger partial charge in [-0.2, -0.15) is 0 Å². The zero-order valence-electron chi connectivity index (χ0n) is 12.5. The molecular weight excluding hydrogens is 254 g/mol. The zero-order chi connectivity index (χ0) is 15.0. The Balaban J connectivity index is 2.41. The Hall–Kier alpha value is -1.39. The highest BCUT2D eigenvalue weighted by Crippen LogP contribution is 2.18. The van der Waals surface area contributed by atoms with Gasteiger partial charge < -0.3 is 15.2 Å². The van der Waals surface area contributed by atoms with Gasteiger partial charge in [0.15, 0.2) is 0 Å². The summed E-state index contributed by atoms with van der Waals surface area (Å²) in [6.45, 7) is 5.40. The predicted octanol–water partition coefficient (Wildman–Crippen LogP) is 2.37. The highest BCUT2D eigenvalue weighted by Gasteiger charge is 2.22. The van der Waals surface area contributed by atoms with Gasteiger partial charge in [-0.3, -0.25) is 4.79 Å². The van der Waals surface area contributed by atoms with Crippen LogP contribution in [0.3, 0.4) is 0 Å². The van der Waals surface area contributed by atoms with E-state index in [-0.39, 0.29) is 11.9 Å². The van der Waals surface area contributed by atoms with Crippen molar-refractivity contribution in [2.75, 3.05) is 13.7 Å². The monoisotopic (exact) mass is 279 g/mol. The fraction of sp³-hybridized carbons (Fsp3) is 0.562. The Labute approximate surface area is 121 Å². The van der Waals surface area contributed by atoms with E-state index in [4.69, 9.17) is 10.5 Å². The maximum atomic E-state index is 11.4. The standard InChI is InChI=1S/C16H25NO3/c1-12(2)14(9-15(17)16(18)19-3)11-20-10-13-7-5-4-6-8-13/h4-8,12,14-15H,9-11,17H2,1-3H3. The van der Waals surface area contributed by atoms with Crippen LogP contribution in [0.2, 0.25) is 0 Å². The van der Waals surface area contributed by atoms with Gasteiger partial charge in [0.25, 0.3) is 0 Å². The van der Waals surface area contributed by atoms with Gasteiger partial charge >= 0.3 is 5.97 Å². The lowest BCUT2D eigenvalue weighted by molar-refractivity contribution is -0.142. The van der Waals surface area contributed by atoms with Gasteiger partial charge in [0.2, 0.25) is 0 Å². The van der Waals surface area contributed by atoms with Gasteiger partial charge in [0.1, 0.15) is 6.04 Å². The number of hydrogen-bond acceptors (Lipinski definition) is 4. The second-order valence-electron chi connectivity index (χ2n) is 5.37. The first kappa shape index (κ1) is 16.7. The molecule has 1 rings (SSSR count). The van der Waals surface area contributed by atoms with Crippen LogP contribution in [-0.4, -0.2) is 25.7 Å². The summed E-state index contributed by atoms with van der Waals surface area (Å²) >= 11 is 0. The van der Waals surface area contributed by atoms with E-state index in [0.717, 1.165) is 5.56 Å². The third kappa shape index (κ3) is 5.72. The van der Waals surface area contributed by atoms with Crippen molar-refractivity contribution in [3.05, 3.63) is 35.9 Å². The van der Waals surface area contributed by atoms with E-state index in [1.165, 1.54) is 7.11 Å². The molecule has 0 saturated carbocycles. The number of benzene rings is 1. The van der Waals surface area contributed by atoms with Crippen LogP contribution in [-0.2, 0) is 20.9 Å². The van der Waals surface area contributed by atoms with Crippen molar-refractivity contribution < 1.29 is 14.3 Å². The Morgan fingerprint density at radius 1 is 1.25 bits per heavy atom. The van der Waals surface area contributed by atoms with E-state index in [9.17, 15) is 4.79 Å². The van der Waals surface area contributed by atoms with Crippen molar-refractivity contribution in [1.82, 2.24) is 0 Å². The molecule has 0 amide bonds. The molecule has 1 aromatic rings. The zero-order valence-corrected chi connectivity index (χ0v) is 12.5. The van der Waals surface area contributed by atoms with E-state index in [1.54, 1.807) is 0 Å². The Morgan fingerprint density at radius 3 is 2.45 bits per heavy atom. The summed E-state index contributed by atoms with van der Waals surface area (Å²) in [5, 5.41) is 0. The van der Waals surface area contributed by atoms with Crippen LogP contribution in [0.4, 0.5) is 0 Å². The number of ether oxygens (including phenoxy) is 2. The number of carbonyl (C=O) groups is 1. The van der Waals surface area contributed by atoms with E-state index in [1.807, 2.05) is 30.3 Å². The molecule has 0 aliphatic rings. The van der Waals surface area contributed by atoms with Gasteiger partial charge in [0.05, 0.1) is 20.3 Å². The molecule has 2 N–H and O–H groups in total. The first-order valence-corrected chi connectivity index (χ1v) is 6.99. The second-order valence-corrected chi connectivity index (χ2v) is 5.37. The minimum absolute atomic E-state index is 0.243. The van der Waals surface area contributed by atoms with Crippen LogP contribution in [0.5, 0.6) is 0 Å². The van der Waals surface area contributed by atoms with Crippen LogP contribution in [0, 0.1) is 11.8 Å². The molecule has 0 fully saturated rings. The predicted molar refractivity (Wildman–Crippen MR) is 79.0 cm³/mol. The summed E-state index contributed by atoms with van der Waals surface area (Å²) in [4.78, 5) is 11.4. The van der Waals surface area contributed by atoms with E-state index in [2.05, 4.69) is 18.6 Å². The third-order valence-corrected chi connectivity index (χ3v) is 3.45. The molecule has 4 nitrogen and oxygen atoms in total. The highest BCUT2D eigenvalue weighted by molar-refractivity contribution is 5.75. The average molecular weight is 279 g/mol. The molecule has 1 aromatic carbocycles. The number of carbonyl (C=O) groups excluding carboxylic acids is 1. The third-order valence-electron chi connectivity index (χ3n) is 3.45. The minimum atomic E-state index is -0.576. The van der Waals surface area contributed by atoms with Crippen LogP contribution in [0.1, 0.15) is 25.8 Å². The molecule has 0 heterocycles. The molecule has 0 aliphatic heterocycles. The molecule has 0 saturated heterocycles. The summed E-state index contributed by atoms with van der Waals surface area (Å²) in [6, 6.07) is 9.45. The van der Waals surface area contributed by atoms with Gasteiger partial charge in [-0.1, -0.05) is 44.2 Å². The van der Waals surface area contributed by atoms with Crippen molar-refractivity contribution in [3.63, 3.8) is 0 Å². The van der Waals surface area contributed by atoms with Crippen molar-refractivity contribution in [1.29, 1.82) is 0 Å². The van der Waals surface area contributed by atoms with Gasteiger partial charge in [-0.25, -0.2) is 0 Å². The number of nitrogens with two attached hydrogens (primary N) is 1. The van der Waals surface area contributed by atoms with Crippen molar-refractivity contribution in [2.45, 2.75) is 32.9 Å². The number of esters is 1. The van der Waals surface area contributed by atoms with Crippen molar-refractivity contribution >= 4 is 5.97 Å². The molecule has 112 valence electrons. The molecule has 0 aromatic heterocycles. The van der Waals surface area contributed by atoms with Gasteiger partial charge in [0, 0.05) is 0 Å². The lowest BCUT2D eigenvalue weighted by Gasteiger charge is -2.23. The molecule has 4 heteroatoms. The molecular formula is C16H25NO3. The molecule has 2 unspecified atom stereocenters. The van der Waals surface area contributed by atoms with E-state index < -0.39 is 6.04 Å². The van der Waals surface area contributed by atoms with Crippen molar-refractivity contribution in [2.24, 2.45) is 17.6 Å². The van der Waals surface area contributed by atoms with Gasteiger partial charge in [-0.05, 0) is 23.8 Å². The maximum absolute atomic E-state index is 11.4. The number of rotatable bonds is 8. The van der Waals surface area contributed by atoms with Crippen molar-refractivity contribution in [3.8, 4) is 0 Å². The highest BCUT2D eigenvalue weighted by atomic mass is 16.5. The second kappa shape index (κ2) is 8.72. The van der Waals surface area contributed by atoms with Crippen LogP contribution < -0.4 is 5.73 Å². The molecule has 20 heavy (non-hydrogen) atoms. The lowest BCUT2D eigenvalue weighted by atomic mass is 9.90. The Kier molecular flexibility index (Phi) is 7.26. The first-order valence-electron chi connectivity index (χ1n) is 6.99. The number of methoxy groups -OCH3 is 1. The average Bonchev–Trinajstić information content (AvgIpc) is 2.46. The summed E-state index contributed by atoms with van der Waals surface area (Å²) in [6.07, 6.45) is 0.582. The van der Waals surface area contributed by atoms with Crippen LogP contribution in [0.25, 0.3) is 0 Å². The van der Waals surface area contributed by atoms with Crippen LogP contribution >= 0.6 is 0 Å². The summed E-state index contributed by atoms with van der Waals surface area (Å²) < 4.78 is 10.4. The summed E-state index contributed by atoms with van der Waals surface area (Å²) in [7, 11) is 1.36. The molecule has 0 aliphatic carbocycles. The minimum Gasteiger partial charge on any atom is -0.468 e. The fourth-order valence-corrected chi connectivity index (χ4v) is 2.01. The fourth-order valence-electron chi connectivity index (χ4n) is 2.01. The molecule has 0 spiro atoms. The Morgan fingerprint density at radius 2 is 1.90 bits per heavy atom. The SMILES string of the molecule is COC(=O)C(N)CC(COCc1ccccc1)C(C)C. The topological polar surface area (TPSA) is 61.5 Å². The molecule has 2 atom stereocenters. The summed E-state index contributed by atoms with van der Waals surface area (Å²) in [5.74, 6) is 0.285.